The van der Waals surface area contributed by atoms with Crippen molar-refractivity contribution in [3.8, 4) is 0 Å². The number of nitrogens with zero attached hydrogens (tertiary/aromatic N) is 1. The Morgan fingerprint density at radius 3 is 2.81 bits per heavy atom. The third-order valence-electron chi connectivity index (χ3n) is 3.82. The first kappa shape index (κ1) is 20.2. The van der Waals surface area contributed by atoms with Crippen LogP contribution in [0.1, 0.15) is 33.1 Å². The molecule has 1 aromatic carbocycles. The van der Waals surface area contributed by atoms with Crippen molar-refractivity contribution in [2.75, 3.05) is 13.2 Å². The van der Waals surface area contributed by atoms with Crippen molar-refractivity contribution in [1.29, 1.82) is 0 Å². The summed E-state index contributed by atoms with van der Waals surface area (Å²) >= 11 is 5.88. The first-order valence-electron chi connectivity index (χ1n) is 8.69. The van der Waals surface area contributed by atoms with Crippen LogP contribution in [0.5, 0.6) is 0 Å². The number of nitrogens with one attached hydrogen (secondary N) is 2. The van der Waals surface area contributed by atoms with Crippen molar-refractivity contribution in [1.82, 2.24) is 14.9 Å². The standard InChI is InChI=1S/C18H24ClN3O4/c1-12(2)26-10-4-8-20-16(23)5-3-9-22-17(24)14-7-6-13(19)11-15(14)21-18(22)25/h6-7,11-12H,3-5,8-10H2,1-2H3,(H,20,23)(H,21,25). The van der Waals surface area contributed by atoms with Crippen LogP contribution in [0.4, 0.5) is 0 Å². The largest absolute Gasteiger partial charge is 0.379 e. The van der Waals surface area contributed by atoms with Crippen LogP contribution in [0, 0.1) is 0 Å². The van der Waals surface area contributed by atoms with Gasteiger partial charge in [-0.2, -0.15) is 0 Å². The summed E-state index contributed by atoms with van der Waals surface area (Å²) in [6, 6.07) is 4.73. The lowest BCUT2D eigenvalue weighted by atomic mass is 10.2. The number of ether oxygens (including phenoxy) is 1. The molecule has 0 aliphatic carbocycles. The van der Waals surface area contributed by atoms with Crippen LogP contribution in [0.3, 0.4) is 0 Å². The van der Waals surface area contributed by atoms with Crippen molar-refractivity contribution in [3.63, 3.8) is 0 Å². The molecule has 0 radical (unpaired) electrons. The molecule has 1 heterocycles. The maximum absolute atomic E-state index is 12.4. The highest BCUT2D eigenvalue weighted by molar-refractivity contribution is 6.31. The average molecular weight is 382 g/mol. The van der Waals surface area contributed by atoms with E-state index in [-0.39, 0.29) is 30.5 Å². The van der Waals surface area contributed by atoms with Crippen molar-refractivity contribution in [2.24, 2.45) is 0 Å². The molecule has 0 bridgehead atoms. The third kappa shape index (κ3) is 5.71. The Bertz CT molecular complexity index is 873. The van der Waals surface area contributed by atoms with Gasteiger partial charge in [-0.3, -0.25) is 14.2 Å². The number of aromatic amines is 1. The van der Waals surface area contributed by atoms with Gasteiger partial charge in [0.1, 0.15) is 0 Å². The number of halogens is 1. The second-order valence-corrected chi connectivity index (χ2v) is 6.74. The molecular weight excluding hydrogens is 358 g/mol. The zero-order valence-electron chi connectivity index (χ0n) is 15.0. The van der Waals surface area contributed by atoms with Crippen LogP contribution in [0.25, 0.3) is 10.9 Å². The predicted octanol–water partition coefficient (Wildman–Crippen LogP) is 2.05. The number of aromatic nitrogens is 2. The molecule has 2 aromatic rings. The SMILES string of the molecule is CC(C)OCCCNC(=O)CCCn1c(=O)[nH]c2cc(Cl)ccc2c1=O. The molecule has 1 aromatic heterocycles. The van der Waals surface area contributed by atoms with E-state index < -0.39 is 5.69 Å². The summed E-state index contributed by atoms with van der Waals surface area (Å²) in [5.74, 6) is -0.105. The van der Waals surface area contributed by atoms with E-state index in [1.54, 1.807) is 18.2 Å². The number of carbonyl (C=O) groups is 1. The van der Waals surface area contributed by atoms with E-state index in [0.717, 1.165) is 11.0 Å². The molecule has 26 heavy (non-hydrogen) atoms. The molecule has 0 atom stereocenters. The Morgan fingerprint density at radius 1 is 1.31 bits per heavy atom. The molecule has 8 heteroatoms. The van der Waals surface area contributed by atoms with Crippen LogP contribution in [0.2, 0.25) is 5.02 Å². The monoisotopic (exact) mass is 381 g/mol. The summed E-state index contributed by atoms with van der Waals surface area (Å²) in [5.41, 5.74) is -0.479. The zero-order chi connectivity index (χ0) is 19.1. The van der Waals surface area contributed by atoms with E-state index in [4.69, 9.17) is 16.3 Å². The number of rotatable bonds is 9. The van der Waals surface area contributed by atoms with E-state index in [1.807, 2.05) is 13.8 Å². The Morgan fingerprint density at radius 2 is 2.08 bits per heavy atom. The Balaban J connectivity index is 1.86. The fraction of sp³-hybridized carbons (Fsp3) is 0.500. The Labute approximate surface area is 156 Å². The lowest BCUT2D eigenvalue weighted by Gasteiger charge is -2.09. The number of hydrogen-bond acceptors (Lipinski definition) is 4. The van der Waals surface area contributed by atoms with Crippen LogP contribution in [-0.2, 0) is 16.1 Å². The number of fused-ring (bicyclic) bond motifs is 1. The highest BCUT2D eigenvalue weighted by Crippen LogP contribution is 2.13. The van der Waals surface area contributed by atoms with Gasteiger partial charge in [-0.1, -0.05) is 11.6 Å². The maximum Gasteiger partial charge on any atom is 0.328 e. The molecule has 1 amide bonds. The smallest absolute Gasteiger partial charge is 0.328 e. The van der Waals surface area contributed by atoms with Gasteiger partial charge in [0, 0.05) is 31.1 Å². The van der Waals surface area contributed by atoms with Gasteiger partial charge >= 0.3 is 5.69 Å². The third-order valence-corrected chi connectivity index (χ3v) is 4.06. The van der Waals surface area contributed by atoms with Crippen LogP contribution < -0.4 is 16.6 Å². The first-order chi connectivity index (χ1) is 12.4. The fourth-order valence-electron chi connectivity index (χ4n) is 2.53. The molecule has 142 valence electrons. The molecule has 0 aliphatic rings. The molecule has 2 N–H and O–H groups in total. The maximum atomic E-state index is 12.4. The molecule has 0 spiro atoms. The molecule has 0 aliphatic heterocycles. The Hall–Kier alpha value is -2.12. The summed E-state index contributed by atoms with van der Waals surface area (Å²) in [6.45, 7) is 5.25. The van der Waals surface area contributed by atoms with Crippen molar-refractivity contribution < 1.29 is 9.53 Å². The van der Waals surface area contributed by atoms with E-state index in [2.05, 4.69) is 10.3 Å². The molecule has 7 nitrogen and oxygen atoms in total. The van der Waals surface area contributed by atoms with E-state index in [0.29, 0.717) is 35.5 Å². The van der Waals surface area contributed by atoms with Gasteiger partial charge in [0.15, 0.2) is 0 Å². The summed E-state index contributed by atoms with van der Waals surface area (Å²) in [7, 11) is 0. The number of amides is 1. The lowest BCUT2D eigenvalue weighted by Crippen LogP contribution is -2.35. The summed E-state index contributed by atoms with van der Waals surface area (Å²) in [4.78, 5) is 39.0. The van der Waals surface area contributed by atoms with Gasteiger partial charge in [-0.25, -0.2) is 4.79 Å². The van der Waals surface area contributed by atoms with E-state index in [1.165, 1.54) is 0 Å². The van der Waals surface area contributed by atoms with Gasteiger partial charge in [0.2, 0.25) is 5.91 Å². The molecule has 0 unspecified atom stereocenters. The van der Waals surface area contributed by atoms with Gasteiger partial charge in [0.05, 0.1) is 17.0 Å². The van der Waals surface area contributed by atoms with Crippen molar-refractivity contribution in [3.05, 3.63) is 44.1 Å². The molecular formula is C18H24ClN3O4. The zero-order valence-corrected chi connectivity index (χ0v) is 15.8. The van der Waals surface area contributed by atoms with Gasteiger partial charge in [0.25, 0.3) is 5.56 Å². The summed E-state index contributed by atoms with van der Waals surface area (Å²) < 4.78 is 6.51. The highest BCUT2D eigenvalue weighted by Gasteiger charge is 2.09. The molecule has 2 rings (SSSR count). The number of H-pyrrole nitrogens is 1. The number of carbonyl (C=O) groups excluding carboxylic acids is 1. The second-order valence-electron chi connectivity index (χ2n) is 6.30. The van der Waals surface area contributed by atoms with E-state index >= 15 is 0 Å². The van der Waals surface area contributed by atoms with Crippen molar-refractivity contribution in [2.45, 2.75) is 45.8 Å². The number of hydrogen-bond donors (Lipinski definition) is 2. The van der Waals surface area contributed by atoms with Gasteiger partial charge < -0.3 is 15.0 Å². The minimum absolute atomic E-state index is 0.105. The van der Waals surface area contributed by atoms with Crippen LogP contribution in [0.15, 0.2) is 27.8 Å². The van der Waals surface area contributed by atoms with Crippen LogP contribution in [-0.4, -0.2) is 34.7 Å². The molecule has 0 fully saturated rings. The summed E-state index contributed by atoms with van der Waals surface area (Å²) in [6.07, 6.45) is 1.57. The Kier molecular flexibility index (Phi) is 7.41. The number of benzene rings is 1. The minimum atomic E-state index is -0.504. The van der Waals surface area contributed by atoms with Gasteiger partial charge in [-0.15, -0.1) is 0 Å². The average Bonchev–Trinajstić information content (AvgIpc) is 2.56. The van der Waals surface area contributed by atoms with Gasteiger partial charge in [-0.05, 0) is 44.9 Å². The highest BCUT2D eigenvalue weighted by atomic mass is 35.5. The summed E-state index contributed by atoms with van der Waals surface area (Å²) in [5, 5.41) is 3.64. The lowest BCUT2D eigenvalue weighted by molar-refractivity contribution is -0.121. The first-order valence-corrected chi connectivity index (χ1v) is 9.07. The quantitative estimate of drug-likeness (QED) is 0.650. The van der Waals surface area contributed by atoms with Crippen molar-refractivity contribution >= 4 is 28.4 Å². The fourth-order valence-corrected chi connectivity index (χ4v) is 2.71. The van der Waals surface area contributed by atoms with Crippen LogP contribution >= 0.6 is 11.6 Å². The topological polar surface area (TPSA) is 93.2 Å². The molecule has 0 saturated carbocycles. The van der Waals surface area contributed by atoms with E-state index in [9.17, 15) is 14.4 Å². The second kappa shape index (κ2) is 9.54. The molecule has 0 saturated heterocycles. The normalized spacial score (nSPS) is 11.2. The predicted molar refractivity (Wildman–Crippen MR) is 102 cm³/mol. The minimum Gasteiger partial charge on any atom is -0.379 e.